The van der Waals surface area contributed by atoms with Gasteiger partial charge in [-0.05, 0) is 79.7 Å². The second-order valence-corrected chi connectivity index (χ2v) is 10.9. The first-order valence-corrected chi connectivity index (χ1v) is 14.2. The molecule has 0 aliphatic carbocycles. The predicted octanol–water partition coefficient (Wildman–Crippen LogP) is 7.31. The number of pyridine rings is 1. The van der Waals surface area contributed by atoms with Crippen LogP contribution in [0.15, 0.2) is 78.3 Å². The molecule has 4 heterocycles. The van der Waals surface area contributed by atoms with Crippen LogP contribution < -0.4 is 4.90 Å². The van der Waals surface area contributed by atoms with E-state index in [4.69, 9.17) is 9.97 Å². The highest BCUT2D eigenvalue weighted by Crippen LogP contribution is 2.35. The minimum Gasteiger partial charge on any atom is -0.305 e. The molecule has 7 heteroatoms. The Morgan fingerprint density at radius 2 is 1.74 bits per heavy atom. The van der Waals surface area contributed by atoms with E-state index in [0.29, 0.717) is 5.92 Å². The van der Waals surface area contributed by atoms with Crippen LogP contribution in [0.2, 0.25) is 0 Å². The number of benzene rings is 2. The molecule has 1 fully saturated rings. The van der Waals surface area contributed by atoms with Crippen LogP contribution in [0.1, 0.15) is 42.5 Å². The lowest BCUT2D eigenvalue weighted by molar-refractivity contribution is 0.204. The van der Waals surface area contributed by atoms with Gasteiger partial charge in [-0.3, -0.25) is 9.30 Å². The quantitative estimate of drug-likeness (QED) is 0.223. The third-order valence-electron chi connectivity index (χ3n) is 7.57. The van der Waals surface area contributed by atoms with Crippen molar-refractivity contribution in [2.24, 2.45) is 0 Å². The number of imidazole rings is 1. The third-order valence-corrected chi connectivity index (χ3v) is 8.48. The van der Waals surface area contributed by atoms with Crippen molar-refractivity contribution in [2.45, 2.75) is 38.6 Å². The summed E-state index contributed by atoms with van der Waals surface area (Å²) in [7, 11) is 2.06. The standard InChI is InChI=1S/C31H32FN5S/c1-3-27-30(35(2)31-34-28(21-38-31)24-9-12-26(32)13-10-24)37-20-25(11-14-29(37)33-27)23-15-17-36(18-16-23)19-22-7-5-4-6-8-22/h4-14,20-21,23H,3,15-19H2,1-2H3. The highest BCUT2D eigenvalue weighted by atomic mass is 32.1. The minimum atomic E-state index is -0.239. The summed E-state index contributed by atoms with van der Waals surface area (Å²) >= 11 is 1.59. The van der Waals surface area contributed by atoms with Crippen molar-refractivity contribution >= 4 is 27.9 Å². The SMILES string of the molecule is CCc1nc2ccc(C3CCN(Cc4ccccc4)CC3)cn2c1N(C)c1nc(-c2ccc(F)cc2)cs1. The largest absolute Gasteiger partial charge is 0.305 e. The number of piperidine rings is 1. The lowest BCUT2D eigenvalue weighted by atomic mass is 9.90. The summed E-state index contributed by atoms with van der Waals surface area (Å²) in [4.78, 5) is 14.5. The van der Waals surface area contributed by atoms with Crippen molar-refractivity contribution in [1.82, 2.24) is 19.3 Å². The van der Waals surface area contributed by atoms with Crippen LogP contribution in [0.3, 0.4) is 0 Å². The maximum absolute atomic E-state index is 13.4. The van der Waals surface area contributed by atoms with Crippen LogP contribution in [-0.2, 0) is 13.0 Å². The van der Waals surface area contributed by atoms with Gasteiger partial charge < -0.3 is 4.90 Å². The predicted molar refractivity (Wildman–Crippen MR) is 154 cm³/mol. The summed E-state index contributed by atoms with van der Waals surface area (Å²) in [6, 6.07) is 21.7. The molecule has 5 nitrogen and oxygen atoms in total. The Hall–Kier alpha value is -3.55. The van der Waals surface area contributed by atoms with Gasteiger partial charge in [0.2, 0.25) is 0 Å². The first-order valence-electron chi connectivity index (χ1n) is 13.3. The van der Waals surface area contributed by atoms with Crippen LogP contribution in [0.5, 0.6) is 0 Å². The molecule has 0 N–H and O–H groups in total. The summed E-state index contributed by atoms with van der Waals surface area (Å²) in [6.07, 6.45) is 5.45. The number of nitrogens with zero attached hydrogens (tertiary/aromatic N) is 5. The zero-order valence-electron chi connectivity index (χ0n) is 21.8. The number of hydrogen-bond acceptors (Lipinski definition) is 5. The minimum absolute atomic E-state index is 0.239. The topological polar surface area (TPSA) is 36.7 Å². The van der Waals surface area contributed by atoms with Gasteiger partial charge in [-0.15, -0.1) is 11.3 Å². The van der Waals surface area contributed by atoms with Gasteiger partial charge in [-0.2, -0.15) is 0 Å². The number of halogens is 1. The molecule has 6 rings (SSSR count). The van der Waals surface area contributed by atoms with Crippen molar-refractivity contribution in [3.63, 3.8) is 0 Å². The van der Waals surface area contributed by atoms with Crippen molar-refractivity contribution in [3.8, 4) is 11.3 Å². The number of likely N-dealkylation sites (tertiary alicyclic amines) is 1. The normalized spacial score (nSPS) is 14.8. The van der Waals surface area contributed by atoms with E-state index < -0.39 is 0 Å². The molecule has 38 heavy (non-hydrogen) atoms. The van der Waals surface area contributed by atoms with E-state index in [0.717, 1.165) is 72.4 Å². The molecule has 0 saturated carbocycles. The molecule has 1 aliphatic heterocycles. The Morgan fingerprint density at radius 3 is 2.47 bits per heavy atom. The molecule has 2 aromatic carbocycles. The maximum Gasteiger partial charge on any atom is 0.191 e. The Morgan fingerprint density at radius 1 is 0.974 bits per heavy atom. The van der Waals surface area contributed by atoms with E-state index in [2.05, 4.69) is 76.8 Å². The first-order chi connectivity index (χ1) is 18.6. The molecule has 0 amide bonds. The molecule has 0 atom stereocenters. The number of thiazole rings is 1. The fourth-order valence-corrected chi connectivity index (χ4v) is 6.26. The van der Waals surface area contributed by atoms with Gasteiger partial charge in [0, 0.05) is 30.7 Å². The molecule has 1 saturated heterocycles. The van der Waals surface area contributed by atoms with Gasteiger partial charge in [-0.1, -0.05) is 43.3 Å². The van der Waals surface area contributed by atoms with Crippen molar-refractivity contribution in [3.05, 3.63) is 101 Å². The molecule has 0 bridgehead atoms. The van der Waals surface area contributed by atoms with E-state index >= 15 is 0 Å². The molecule has 1 aliphatic rings. The van der Waals surface area contributed by atoms with Crippen molar-refractivity contribution in [2.75, 3.05) is 25.0 Å². The highest BCUT2D eigenvalue weighted by molar-refractivity contribution is 7.14. The number of fused-ring (bicyclic) bond motifs is 1. The van der Waals surface area contributed by atoms with E-state index in [9.17, 15) is 4.39 Å². The molecule has 3 aromatic heterocycles. The fourth-order valence-electron chi connectivity index (χ4n) is 5.46. The summed E-state index contributed by atoms with van der Waals surface area (Å²) in [5.41, 5.74) is 6.54. The number of hydrogen-bond donors (Lipinski definition) is 0. The third kappa shape index (κ3) is 4.96. The smallest absolute Gasteiger partial charge is 0.191 e. The Kier molecular flexibility index (Phi) is 6.96. The zero-order chi connectivity index (χ0) is 26.1. The zero-order valence-corrected chi connectivity index (χ0v) is 22.7. The number of aromatic nitrogens is 3. The number of aryl methyl sites for hydroxylation is 1. The molecule has 0 radical (unpaired) electrons. The van der Waals surface area contributed by atoms with Crippen molar-refractivity contribution in [1.29, 1.82) is 0 Å². The molecule has 0 unspecified atom stereocenters. The van der Waals surface area contributed by atoms with Gasteiger partial charge >= 0.3 is 0 Å². The van der Waals surface area contributed by atoms with E-state index in [1.165, 1.54) is 23.3 Å². The average molecular weight is 526 g/mol. The molecule has 5 aromatic rings. The van der Waals surface area contributed by atoms with E-state index in [-0.39, 0.29) is 5.82 Å². The van der Waals surface area contributed by atoms with E-state index in [1.54, 1.807) is 23.5 Å². The maximum atomic E-state index is 13.4. The lowest BCUT2D eigenvalue weighted by Crippen LogP contribution is -2.32. The monoisotopic (exact) mass is 525 g/mol. The summed E-state index contributed by atoms with van der Waals surface area (Å²) in [6.45, 7) is 5.39. The molecule has 194 valence electrons. The van der Waals surface area contributed by atoms with Crippen LogP contribution in [0.4, 0.5) is 15.3 Å². The molecular weight excluding hydrogens is 493 g/mol. The van der Waals surface area contributed by atoms with Gasteiger partial charge in [0.05, 0.1) is 11.4 Å². The van der Waals surface area contributed by atoms with Crippen LogP contribution in [0.25, 0.3) is 16.9 Å². The van der Waals surface area contributed by atoms with Gasteiger partial charge in [0.1, 0.15) is 17.3 Å². The Labute approximate surface area is 227 Å². The number of rotatable bonds is 7. The second-order valence-electron chi connectivity index (χ2n) is 10.0. The van der Waals surface area contributed by atoms with Crippen molar-refractivity contribution < 1.29 is 4.39 Å². The van der Waals surface area contributed by atoms with E-state index in [1.807, 2.05) is 5.38 Å². The lowest BCUT2D eigenvalue weighted by Gasteiger charge is -2.32. The van der Waals surface area contributed by atoms with Crippen LogP contribution in [-0.4, -0.2) is 39.4 Å². The second kappa shape index (κ2) is 10.7. The fraction of sp³-hybridized carbons (Fsp3) is 0.290. The van der Waals surface area contributed by atoms with Gasteiger partial charge in [0.15, 0.2) is 5.13 Å². The summed E-state index contributed by atoms with van der Waals surface area (Å²) in [5.74, 6) is 1.37. The number of anilines is 2. The highest BCUT2D eigenvalue weighted by Gasteiger charge is 2.23. The average Bonchev–Trinajstić information content (AvgIpc) is 3.59. The summed E-state index contributed by atoms with van der Waals surface area (Å²) in [5, 5.41) is 2.92. The first kappa shape index (κ1) is 24.8. The Bertz CT molecular complexity index is 1520. The van der Waals surface area contributed by atoms with Gasteiger partial charge in [0.25, 0.3) is 0 Å². The summed E-state index contributed by atoms with van der Waals surface area (Å²) < 4.78 is 15.6. The molecular formula is C31H32FN5S. The van der Waals surface area contributed by atoms with Crippen LogP contribution >= 0.6 is 11.3 Å². The van der Waals surface area contributed by atoms with Gasteiger partial charge in [-0.25, -0.2) is 14.4 Å². The molecule has 0 spiro atoms. The van der Waals surface area contributed by atoms with Crippen LogP contribution in [0, 0.1) is 5.82 Å². The Balaban J connectivity index is 1.24.